The molecule has 0 aliphatic rings. The maximum atomic E-state index is 13.6. The number of phenolic OH excluding ortho intramolecular Hbond substituents is 1. The van der Waals surface area contributed by atoms with Crippen LogP contribution in [0.15, 0.2) is 60.7 Å². The van der Waals surface area contributed by atoms with E-state index in [2.05, 4.69) is 10.6 Å². The summed E-state index contributed by atoms with van der Waals surface area (Å²) in [4.78, 5) is 40.2. The Morgan fingerprint density at radius 2 is 1.69 bits per heavy atom. The lowest BCUT2D eigenvalue weighted by molar-refractivity contribution is -0.138. The highest BCUT2D eigenvalue weighted by Gasteiger charge is 2.31. The van der Waals surface area contributed by atoms with E-state index in [1.807, 2.05) is 42.5 Å². The number of carbonyl (C=O) groups excluding carboxylic acids is 3. The molecule has 0 bridgehead atoms. The van der Waals surface area contributed by atoms with Gasteiger partial charge in [-0.3, -0.25) is 9.59 Å². The normalized spacial score (nSPS) is 12.0. The molecule has 0 saturated carbocycles. The predicted octanol–water partition coefficient (Wildman–Crippen LogP) is 4.91. The second kappa shape index (κ2) is 11.1. The van der Waals surface area contributed by atoms with E-state index in [0.29, 0.717) is 16.8 Å². The fourth-order valence-corrected chi connectivity index (χ4v) is 3.87. The van der Waals surface area contributed by atoms with Crippen LogP contribution in [-0.2, 0) is 14.3 Å². The number of amides is 3. The van der Waals surface area contributed by atoms with Crippen LogP contribution in [0.25, 0.3) is 10.8 Å². The van der Waals surface area contributed by atoms with Crippen molar-refractivity contribution in [1.82, 2.24) is 10.2 Å². The van der Waals surface area contributed by atoms with Crippen molar-refractivity contribution in [3.8, 4) is 5.75 Å². The van der Waals surface area contributed by atoms with Gasteiger partial charge in [0, 0.05) is 12.2 Å². The maximum Gasteiger partial charge on any atom is 0.408 e. The fourth-order valence-electron chi connectivity index (χ4n) is 3.87. The lowest BCUT2D eigenvalue weighted by atomic mass is 10.0. The number of hydrogen-bond donors (Lipinski definition) is 3. The molecule has 0 spiro atoms. The van der Waals surface area contributed by atoms with Crippen LogP contribution in [0.3, 0.4) is 0 Å². The molecule has 1 atom stereocenters. The molecule has 1 unspecified atom stereocenters. The van der Waals surface area contributed by atoms with Crippen molar-refractivity contribution >= 4 is 34.4 Å². The van der Waals surface area contributed by atoms with Crippen LogP contribution in [0.4, 0.5) is 10.5 Å². The Balaban J connectivity index is 1.88. The van der Waals surface area contributed by atoms with E-state index in [1.165, 1.54) is 11.0 Å². The van der Waals surface area contributed by atoms with E-state index in [1.54, 1.807) is 46.8 Å². The third-order valence-corrected chi connectivity index (χ3v) is 5.56. The molecular formula is C28H33N3O5. The summed E-state index contributed by atoms with van der Waals surface area (Å²) in [5.41, 5.74) is 1.00. The number of aryl methyl sites for hydroxylation is 1. The van der Waals surface area contributed by atoms with Crippen molar-refractivity contribution < 1.29 is 24.2 Å². The highest BCUT2D eigenvalue weighted by atomic mass is 16.6. The number of nitrogens with zero attached hydrogens (tertiary/aromatic N) is 1. The third-order valence-electron chi connectivity index (χ3n) is 5.56. The lowest BCUT2D eigenvalue weighted by Crippen LogP contribution is -2.46. The van der Waals surface area contributed by atoms with Gasteiger partial charge in [0.2, 0.25) is 5.91 Å². The highest BCUT2D eigenvalue weighted by Crippen LogP contribution is 2.28. The molecule has 0 heterocycles. The van der Waals surface area contributed by atoms with Crippen LogP contribution < -0.4 is 10.6 Å². The molecule has 3 amide bonds. The van der Waals surface area contributed by atoms with Crippen molar-refractivity contribution in [3.05, 3.63) is 71.8 Å². The molecule has 3 aromatic carbocycles. The van der Waals surface area contributed by atoms with Crippen molar-refractivity contribution in [2.24, 2.45) is 0 Å². The smallest absolute Gasteiger partial charge is 0.408 e. The maximum absolute atomic E-state index is 13.6. The van der Waals surface area contributed by atoms with Gasteiger partial charge in [0.15, 0.2) is 0 Å². The van der Waals surface area contributed by atoms with Crippen LogP contribution in [0, 0.1) is 6.92 Å². The largest absolute Gasteiger partial charge is 0.508 e. The van der Waals surface area contributed by atoms with E-state index >= 15 is 0 Å². The molecule has 36 heavy (non-hydrogen) atoms. The molecule has 3 rings (SSSR count). The van der Waals surface area contributed by atoms with Gasteiger partial charge in [0.25, 0.3) is 5.91 Å². The number of carbonyl (C=O) groups is 3. The van der Waals surface area contributed by atoms with Gasteiger partial charge in [-0.1, -0.05) is 36.4 Å². The second-order valence-electron chi connectivity index (χ2n) is 9.53. The molecule has 8 heteroatoms. The summed E-state index contributed by atoms with van der Waals surface area (Å²) >= 11 is 0. The number of hydrogen-bond acceptors (Lipinski definition) is 5. The average molecular weight is 492 g/mol. The number of anilines is 1. The summed E-state index contributed by atoms with van der Waals surface area (Å²) in [6.07, 6.45) is -0.718. The van der Waals surface area contributed by atoms with Crippen molar-refractivity contribution in [2.45, 2.75) is 46.3 Å². The van der Waals surface area contributed by atoms with Gasteiger partial charge in [-0.2, -0.15) is 0 Å². The number of likely N-dealkylation sites (N-methyl/N-ethyl adjacent to an activating group) is 1. The number of ether oxygens (including phenoxy) is 1. The number of aromatic hydroxyl groups is 1. The van der Waals surface area contributed by atoms with Crippen molar-refractivity contribution in [1.29, 1.82) is 0 Å². The summed E-state index contributed by atoms with van der Waals surface area (Å²) in [5, 5.41) is 17.4. The third kappa shape index (κ3) is 6.75. The first-order valence-corrected chi connectivity index (χ1v) is 11.8. The second-order valence-corrected chi connectivity index (χ2v) is 9.53. The minimum Gasteiger partial charge on any atom is -0.508 e. The van der Waals surface area contributed by atoms with Crippen LogP contribution in [0.2, 0.25) is 0 Å². The van der Waals surface area contributed by atoms with Crippen LogP contribution in [-0.4, -0.2) is 46.6 Å². The number of alkyl carbamates (subject to hydrolysis) is 1. The number of rotatable bonds is 7. The minimum absolute atomic E-state index is 0.0911. The zero-order valence-corrected chi connectivity index (χ0v) is 21.3. The molecule has 3 aromatic rings. The number of benzene rings is 3. The molecule has 0 aliphatic carbocycles. The molecular weight excluding hydrogens is 458 g/mol. The Bertz CT molecular complexity index is 1270. The van der Waals surface area contributed by atoms with Gasteiger partial charge in [-0.05, 0) is 80.8 Å². The first-order valence-electron chi connectivity index (χ1n) is 11.8. The van der Waals surface area contributed by atoms with Gasteiger partial charge in [-0.15, -0.1) is 0 Å². The molecule has 0 aromatic heterocycles. The van der Waals surface area contributed by atoms with E-state index in [9.17, 15) is 19.5 Å². The molecule has 8 nitrogen and oxygen atoms in total. The van der Waals surface area contributed by atoms with Gasteiger partial charge in [0.1, 0.15) is 23.9 Å². The van der Waals surface area contributed by atoms with Crippen LogP contribution >= 0.6 is 0 Å². The Morgan fingerprint density at radius 3 is 2.33 bits per heavy atom. The molecule has 190 valence electrons. The van der Waals surface area contributed by atoms with Gasteiger partial charge < -0.3 is 25.4 Å². The topological polar surface area (TPSA) is 108 Å². The van der Waals surface area contributed by atoms with Gasteiger partial charge in [0.05, 0.1) is 0 Å². The SMILES string of the molecule is CCN(C(=O)CNC(=O)OC(C)(C)C)C(C(=O)Nc1ccc2ccccc2c1)c1ccc(O)c(C)c1. The highest BCUT2D eigenvalue weighted by molar-refractivity contribution is 6.00. The summed E-state index contributed by atoms with van der Waals surface area (Å²) in [5.74, 6) is -0.774. The van der Waals surface area contributed by atoms with E-state index in [-0.39, 0.29) is 18.8 Å². The molecule has 3 N–H and O–H groups in total. The molecule has 0 saturated heterocycles. The van der Waals surface area contributed by atoms with Crippen LogP contribution in [0.1, 0.15) is 44.9 Å². The zero-order chi connectivity index (χ0) is 26.5. The summed E-state index contributed by atoms with van der Waals surface area (Å²) in [6, 6.07) is 17.2. The predicted molar refractivity (Wildman–Crippen MR) is 140 cm³/mol. The van der Waals surface area contributed by atoms with Crippen LogP contribution in [0.5, 0.6) is 5.75 Å². The number of phenols is 1. The van der Waals surface area contributed by atoms with Gasteiger partial charge >= 0.3 is 6.09 Å². The first-order chi connectivity index (χ1) is 17.0. The Hall–Kier alpha value is -4.07. The number of nitrogens with one attached hydrogen (secondary N) is 2. The lowest BCUT2D eigenvalue weighted by Gasteiger charge is -2.31. The fraction of sp³-hybridized carbons (Fsp3) is 0.321. The average Bonchev–Trinajstić information content (AvgIpc) is 2.81. The summed E-state index contributed by atoms with van der Waals surface area (Å²) < 4.78 is 5.21. The summed E-state index contributed by atoms with van der Waals surface area (Å²) in [6.45, 7) is 8.55. The van der Waals surface area contributed by atoms with Crippen molar-refractivity contribution in [3.63, 3.8) is 0 Å². The van der Waals surface area contributed by atoms with Gasteiger partial charge in [-0.25, -0.2) is 4.79 Å². The number of fused-ring (bicyclic) bond motifs is 1. The van der Waals surface area contributed by atoms with E-state index < -0.39 is 29.6 Å². The Morgan fingerprint density at radius 1 is 1.00 bits per heavy atom. The first kappa shape index (κ1) is 26.5. The monoisotopic (exact) mass is 491 g/mol. The molecule has 0 fully saturated rings. The van der Waals surface area contributed by atoms with E-state index in [4.69, 9.17) is 4.74 Å². The molecule has 0 radical (unpaired) electrons. The zero-order valence-electron chi connectivity index (χ0n) is 21.3. The Labute approximate surface area is 211 Å². The molecule has 0 aliphatic heterocycles. The summed E-state index contributed by atoms with van der Waals surface area (Å²) in [7, 11) is 0. The quantitative estimate of drug-likeness (QED) is 0.435. The standard InChI is InChI=1S/C28H33N3O5/c1-6-31(24(33)17-29-27(35)36-28(3,4)5)25(21-12-14-23(32)18(2)15-21)26(34)30-22-13-11-19-9-7-8-10-20(19)16-22/h7-16,25,32H,6,17H2,1-5H3,(H,29,35)(H,30,34). The van der Waals surface area contributed by atoms with Crippen molar-refractivity contribution in [2.75, 3.05) is 18.4 Å². The minimum atomic E-state index is -0.992. The Kier molecular flexibility index (Phi) is 8.19. The van der Waals surface area contributed by atoms with E-state index in [0.717, 1.165) is 10.8 Å².